The standard InChI is InChI=1S/C16H18ClN3O2/c1-11-6-9-22-14(10-11)16(21)19-13-5-2-4-12(17)15(13)20-8-3-7-18-20/h2-5,7-8,11,14H,6,9-10H2,1H3,(H,19,21)/t11-,14-/m0/s1. The summed E-state index contributed by atoms with van der Waals surface area (Å²) in [6.45, 7) is 2.76. The second-order valence-corrected chi connectivity index (χ2v) is 5.97. The third kappa shape index (κ3) is 3.15. The number of halogens is 1. The summed E-state index contributed by atoms with van der Waals surface area (Å²) in [7, 11) is 0. The summed E-state index contributed by atoms with van der Waals surface area (Å²) in [5.41, 5.74) is 1.29. The highest BCUT2D eigenvalue weighted by atomic mass is 35.5. The van der Waals surface area contributed by atoms with Gasteiger partial charge in [0.05, 0.1) is 10.7 Å². The molecule has 0 bridgehead atoms. The number of aromatic nitrogens is 2. The van der Waals surface area contributed by atoms with Crippen molar-refractivity contribution in [2.45, 2.75) is 25.9 Å². The molecule has 1 aromatic carbocycles. The number of amides is 1. The molecule has 0 saturated carbocycles. The average Bonchev–Trinajstić information content (AvgIpc) is 3.01. The van der Waals surface area contributed by atoms with E-state index in [0.717, 1.165) is 12.8 Å². The molecular formula is C16H18ClN3O2. The number of carbonyl (C=O) groups excluding carboxylic acids is 1. The summed E-state index contributed by atoms with van der Waals surface area (Å²) in [5.74, 6) is 0.358. The van der Waals surface area contributed by atoms with Gasteiger partial charge in [-0.05, 0) is 37.0 Å². The summed E-state index contributed by atoms with van der Waals surface area (Å²) >= 11 is 6.27. The lowest BCUT2D eigenvalue weighted by Gasteiger charge is -2.26. The van der Waals surface area contributed by atoms with Crippen LogP contribution in [-0.2, 0) is 9.53 Å². The second kappa shape index (κ2) is 6.50. The first-order valence-corrected chi connectivity index (χ1v) is 7.74. The quantitative estimate of drug-likeness (QED) is 0.944. The molecular weight excluding hydrogens is 302 g/mol. The van der Waals surface area contributed by atoms with Crippen molar-refractivity contribution in [3.63, 3.8) is 0 Å². The van der Waals surface area contributed by atoms with Gasteiger partial charge in [-0.2, -0.15) is 5.10 Å². The number of carbonyl (C=O) groups is 1. The van der Waals surface area contributed by atoms with Crippen LogP contribution in [-0.4, -0.2) is 28.4 Å². The molecule has 2 heterocycles. The number of anilines is 1. The van der Waals surface area contributed by atoms with E-state index in [0.29, 0.717) is 28.9 Å². The van der Waals surface area contributed by atoms with Crippen LogP contribution in [0.1, 0.15) is 19.8 Å². The summed E-state index contributed by atoms with van der Waals surface area (Å²) in [5, 5.41) is 7.64. The number of benzene rings is 1. The Kier molecular flexibility index (Phi) is 4.45. The maximum Gasteiger partial charge on any atom is 0.253 e. The van der Waals surface area contributed by atoms with Crippen molar-refractivity contribution in [1.29, 1.82) is 0 Å². The van der Waals surface area contributed by atoms with Crippen LogP contribution in [0, 0.1) is 5.92 Å². The molecule has 22 heavy (non-hydrogen) atoms. The number of hydrogen-bond acceptors (Lipinski definition) is 3. The lowest BCUT2D eigenvalue weighted by molar-refractivity contribution is -0.131. The highest BCUT2D eigenvalue weighted by molar-refractivity contribution is 6.33. The van der Waals surface area contributed by atoms with Crippen molar-refractivity contribution in [2.24, 2.45) is 5.92 Å². The highest BCUT2D eigenvalue weighted by Gasteiger charge is 2.26. The van der Waals surface area contributed by atoms with E-state index in [2.05, 4.69) is 17.3 Å². The first-order valence-electron chi connectivity index (χ1n) is 7.36. The zero-order valence-electron chi connectivity index (χ0n) is 12.3. The van der Waals surface area contributed by atoms with Crippen LogP contribution in [0.5, 0.6) is 0 Å². The molecule has 1 aliphatic heterocycles. The fourth-order valence-electron chi connectivity index (χ4n) is 2.61. The van der Waals surface area contributed by atoms with E-state index in [1.165, 1.54) is 0 Å². The SMILES string of the molecule is C[C@H]1CCO[C@H](C(=O)Nc2cccc(Cl)c2-n2cccn2)C1. The van der Waals surface area contributed by atoms with E-state index in [1.54, 1.807) is 35.3 Å². The smallest absolute Gasteiger partial charge is 0.253 e. The molecule has 0 spiro atoms. The number of para-hydroxylation sites is 1. The minimum atomic E-state index is -0.409. The van der Waals surface area contributed by atoms with Gasteiger partial charge in [0.2, 0.25) is 0 Å². The first-order chi connectivity index (χ1) is 10.6. The van der Waals surface area contributed by atoms with Gasteiger partial charge in [0.15, 0.2) is 0 Å². The predicted octanol–water partition coefficient (Wildman–Crippen LogP) is 3.28. The van der Waals surface area contributed by atoms with Crippen LogP contribution >= 0.6 is 11.6 Å². The predicted molar refractivity (Wildman–Crippen MR) is 85.3 cm³/mol. The Morgan fingerprint density at radius 3 is 3.05 bits per heavy atom. The Balaban J connectivity index is 1.83. The lowest BCUT2D eigenvalue weighted by Crippen LogP contribution is -2.36. The average molecular weight is 320 g/mol. The van der Waals surface area contributed by atoms with Crippen LogP contribution in [0.3, 0.4) is 0 Å². The second-order valence-electron chi connectivity index (χ2n) is 5.56. The van der Waals surface area contributed by atoms with Crippen molar-refractivity contribution in [3.8, 4) is 5.69 Å². The Morgan fingerprint density at radius 2 is 2.32 bits per heavy atom. The minimum Gasteiger partial charge on any atom is -0.368 e. The molecule has 0 unspecified atom stereocenters. The number of nitrogens with zero attached hydrogens (tertiary/aromatic N) is 2. The highest BCUT2D eigenvalue weighted by Crippen LogP contribution is 2.29. The summed E-state index contributed by atoms with van der Waals surface area (Å²) in [4.78, 5) is 12.4. The number of ether oxygens (including phenoxy) is 1. The van der Waals surface area contributed by atoms with Gasteiger partial charge in [-0.25, -0.2) is 4.68 Å². The van der Waals surface area contributed by atoms with Crippen LogP contribution in [0.4, 0.5) is 5.69 Å². The molecule has 6 heteroatoms. The van der Waals surface area contributed by atoms with Gasteiger partial charge in [0.25, 0.3) is 5.91 Å². The largest absolute Gasteiger partial charge is 0.368 e. The number of rotatable bonds is 3. The van der Waals surface area contributed by atoms with Crippen LogP contribution in [0.15, 0.2) is 36.7 Å². The molecule has 5 nitrogen and oxygen atoms in total. The van der Waals surface area contributed by atoms with E-state index >= 15 is 0 Å². The molecule has 0 aliphatic carbocycles. The van der Waals surface area contributed by atoms with Crippen molar-refractivity contribution >= 4 is 23.2 Å². The van der Waals surface area contributed by atoms with Crippen molar-refractivity contribution in [1.82, 2.24) is 9.78 Å². The van der Waals surface area contributed by atoms with E-state index in [-0.39, 0.29) is 5.91 Å². The zero-order chi connectivity index (χ0) is 15.5. The normalized spacial score (nSPS) is 21.5. The number of hydrogen-bond donors (Lipinski definition) is 1. The van der Waals surface area contributed by atoms with Gasteiger partial charge < -0.3 is 10.1 Å². The Bertz CT molecular complexity index is 657. The van der Waals surface area contributed by atoms with E-state index in [9.17, 15) is 4.79 Å². The van der Waals surface area contributed by atoms with E-state index in [1.807, 2.05) is 6.07 Å². The molecule has 1 fully saturated rings. The van der Waals surface area contributed by atoms with Crippen LogP contribution in [0.2, 0.25) is 5.02 Å². The topological polar surface area (TPSA) is 56.1 Å². The van der Waals surface area contributed by atoms with Crippen molar-refractivity contribution in [3.05, 3.63) is 41.7 Å². The van der Waals surface area contributed by atoms with Crippen molar-refractivity contribution in [2.75, 3.05) is 11.9 Å². The molecule has 1 aliphatic rings. The van der Waals surface area contributed by atoms with E-state index in [4.69, 9.17) is 16.3 Å². The summed E-state index contributed by atoms with van der Waals surface area (Å²) in [6.07, 6.45) is 4.79. The molecule has 2 aromatic rings. The fourth-order valence-corrected chi connectivity index (χ4v) is 2.87. The van der Waals surface area contributed by atoms with Crippen LogP contribution in [0.25, 0.3) is 5.69 Å². The third-order valence-electron chi connectivity index (χ3n) is 3.82. The van der Waals surface area contributed by atoms with Gasteiger partial charge >= 0.3 is 0 Å². The van der Waals surface area contributed by atoms with Gasteiger partial charge in [0.1, 0.15) is 11.8 Å². The Labute approximate surface area is 134 Å². The lowest BCUT2D eigenvalue weighted by atomic mass is 9.97. The fraction of sp³-hybridized carbons (Fsp3) is 0.375. The molecule has 2 atom stereocenters. The first kappa shape index (κ1) is 15.1. The molecule has 116 valence electrons. The monoisotopic (exact) mass is 319 g/mol. The third-order valence-corrected chi connectivity index (χ3v) is 4.12. The van der Waals surface area contributed by atoms with Gasteiger partial charge in [-0.15, -0.1) is 0 Å². The zero-order valence-corrected chi connectivity index (χ0v) is 13.1. The summed E-state index contributed by atoms with van der Waals surface area (Å²) in [6, 6.07) is 7.19. The van der Waals surface area contributed by atoms with Gasteiger partial charge in [-0.1, -0.05) is 24.6 Å². The Morgan fingerprint density at radius 1 is 1.45 bits per heavy atom. The molecule has 1 saturated heterocycles. The number of nitrogens with one attached hydrogen (secondary N) is 1. The van der Waals surface area contributed by atoms with E-state index < -0.39 is 6.10 Å². The minimum absolute atomic E-state index is 0.137. The molecule has 1 N–H and O–H groups in total. The van der Waals surface area contributed by atoms with Crippen molar-refractivity contribution < 1.29 is 9.53 Å². The Hall–Kier alpha value is -1.85. The van der Waals surface area contributed by atoms with Gasteiger partial charge in [-0.3, -0.25) is 4.79 Å². The molecule has 1 aromatic heterocycles. The van der Waals surface area contributed by atoms with Crippen LogP contribution < -0.4 is 5.32 Å². The maximum absolute atomic E-state index is 12.4. The maximum atomic E-state index is 12.4. The molecule has 1 amide bonds. The molecule has 3 rings (SSSR count). The summed E-state index contributed by atoms with van der Waals surface area (Å²) < 4.78 is 7.22. The van der Waals surface area contributed by atoms with Gasteiger partial charge in [0, 0.05) is 19.0 Å². The molecule has 0 radical (unpaired) electrons.